The van der Waals surface area contributed by atoms with Gasteiger partial charge in [-0.25, -0.2) is 9.59 Å². The monoisotopic (exact) mass is 474 g/mol. The van der Waals surface area contributed by atoms with Crippen LogP contribution in [0.4, 0.5) is 4.79 Å². The van der Waals surface area contributed by atoms with Crippen molar-refractivity contribution < 1.29 is 28.6 Å². The fourth-order valence-corrected chi connectivity index (χ4v) is 4.21. The SMILES string of the molecule is C/C(=C\CNC(=O)OCC1c2ccccc2-c2ccccc21)C(=O)N(C)Cc1ccc(C(=O)O)o1. The molecule has 1 aliphatic rings. The molecule has 180 valence electrons. The lowest BCUT2D eigenvalue weighted by molar-refractivity contribution is -0.126. The molecule has 2 amide bonds. The van der Waals surface area contributed by atoms with E-state index in [1.54, 1.807) is 20.0 Å². The molecule has 0 atom stereocenters. The van der Waals surface area contributed by atoms with E-state index >= 15 is 0 Å². The Balaban J connectivity index is 1.27. The van der Waals surface area contributed by atoms with Gasteiger partial charge in [0.15, 0.2) is 0 Å². The number of nitrogens with zero attached hydrogens (tertiary/aromatic N) is 1. The van der Waals surface area contributed by atoms with Crippen LogP contribution in [0, 0.1) is 0 Å². The summed E-state index contributed by atoms with van der Waals surface area (Å²) in [5.41, 5.74) is 5.02. The van der Waals surface area contributed by atoms with Crippen LogP contribution in [-0.2, 0) is 16.1 Å². The number of carboxylic acid groups (broad SMARTS) is 1. The van der Waals surface area contributed by atoms with Crippen LogP contribution in [0.2, 0.25) is 0 Å². The van der Waals surface area contributed by atoms with Gasteiger partial charge in [-0.05, 0) is 41.3 Å². The first-order valence-electron chi connectivity index (χ1n) is 11.2. The quantitative estimate of drug-likeness (QED) is 0.468. The molecule has 35 heavy (non-hydrogen) atoms. The van der Waals surface area contributed by atoms with Gasteiger partial charge >= 0.3 is 12.1 Å². The number of ether oxygens (including phenoxy) is 1. The summed E-state index contributed by atoms with van der Waals surface area (Å²) in [6.07, 6.45) is 1.04. The Bertz CT molecular complexity index is 1250. The molecule has 8 nitrogen and oxygen atoms in total. The normalized spacial score (nSPS) is 12.6. The fourth-order valence-electron chi connectivity index (χ4n) is 4.21. The molecule has 0 bridgehead atoms. The summed E-state index contributed by atoms with van der Waals surface area (Å²) in [4.78, 5) is 37.2. The topological polar surface area (TPSA) is 109 Å². The third kappa shape index (κ3) is 5.27. The smallest absolute Gasteiger partial charge is 0.407 e. The second-order valence-corrected chi connectivity index (χ2v) is 8.33. The van der Waals surface area contributed by atoms with E-state index in [-0.39, 0.29) is 37.3 Å². The molecule has 1 heterocycles. The van der Waals surface area contributed by atoms with Crippen LogP contribution in [0.5, 0.6) is 0 Å². The molecular weight excluding hydrogens is 448 g/mol. The fraction of sp³-hybridized carbons (Fsp3) is 0.222. The number of hydrogen-bond donors (Lipinski definition) is 2. The highest BCUT2D eigenvalue weighted by Crippen LogP contribution is 2.44. The Morgan fingerprint density at radius 1 is 1.03 bits per heavy atom. The Hall–Kier alpha value is -4.33. The number of carbonyl (C=O) groups is 3. The van der Waals surface area contributed by atoms with E-state index < -0.39 is 12.1 Å². The summed E-state index contributed by atoms with van der Waals surface area (Å²) >= 11 is 0. The van der Waals surface area contributed by atoms with E-state index in [1.165, 1.54) is 17.0 Å². The molecule has 0 radical (unpaired) electrons. The molecule has 0 saturated carbocycles. The molecule has 0 spiro atoms. The number of carbonyl (C=O) groups excluding carboxylic acids is 2. The summed E-state index contributed by atoms with van der Waals surface area (Å²) in [5.74, 6) is -1.28. The van der Waals surface area contributed by atoms with Gasteiger partial charge in [0.1, 0.15) is 12.4 Å². The maximum Gasteiger partial charge on any atom is 0.407 e. The predicted molar refractivity (Wildman–Crippen MR) is 129 cm³/mol. The van der Waals surface area contributed by atoms with E-state index in [4.69, 9.17) is 14.3 Å². The standard InChI is InChI=1S/C27H26N2O6/c1-17(25(30)29(2)15-18-11-12-24(35-18)26(31)32)13-14-28-27(33)34-16-23-21-9-5-3-7-19(21)20-8-4-6-10-22(20)23/h3-13,23H,14-16H2,1-2H3,(H,28,33)(H,31,32)/b17-13+. The van der Waals surface area contributed by atoms with E-state index in [0.717, 1.165) is 22.3 Å². The molecule has 0 saturated heterocycles. The van der Waals surface area contributed by atoms with Crippen molar-refractivity contribution in [3.8, 4) is 11.1 Å². The predicted octanol–water partition coefficient (Wildman–Crippen LogP) is 4.42. The van der Waals surface area contributed by atoms with Crippen molar-refractivity contribution in [2.45, 2.75) is 19.4 Å². The summed E-state index contributed by atoms with van der Waals surface area (Å²) in [6.45, 7) is 2.11. The summed E-state index contributed by atoms with van der Waals surface area (Å²) < 4.78 is 10.7. The number of fused-ring (bicyclic) bond motifs is 3. The average Bonchev–Trinajstić information content (AvgIpc) is 3.45. The third-order valence-corrected chi connectivity index (χ3v) is 5.95. The molecule has 4 rings (SSSR count). The van der Waals surface area contributed by atoms with Crippen molar-refractivity contribution in [2.75, 3.05) is 20.2 Å². The van der Waals surface area contributed by atoms with Gasteiger partial charge in [0.05, 0.1) is 6.54 Å². The van der Waals surface area contributed by atoms with Gasteiger partial charge in [0.2, 0.25) is 11.7 Å². The number of hydrogen-bond acceptors (Lipinski definition) is 5. The number of aromatic carboxylic acids is 1. The van der Waals surface area contributed by atoms with Gasteiger partial charge < -0.3 is 24.5 Å². The van der Waals surface area contributed by atoms with Crippen molar-refractivity contribution in [1.82, 2.24) is 10.2 Å². The Labute approximate surface area is 202 Å². The molecular formula is C27H26N2O6. The van der Waals surface area contributed by atoms with Crippen LogP contribution in [0.15, 0.2) is 76.7 Å². The number of carboxylic acids is 1. The number of likely N-dealkylation sites (N-methyl/N-ethyl adjacent to an activating group) is 1. The molecule has 1 aromatic heterocycles. The van der Waals surface area contributed by atoms with Crippen molar-refractivity contribution in [2.24, 2.45) is 0 Å². The Morgan fingerprint density at radius 2 is 1.66 bits per heavy atom. The molecule has 8 heteroatoms. The lowest BCUT2D eigenvalue weighted by Gasteiger charge is -2.16. The molecule has 0 aliphatic heterocycles. The first-order valence-corrected chi connectivity index (χ1v) is 11.2. The van der Waals surface area contributed by atoms with Crippen molar-refractivity contribution in [1.29, 1.82) is 0 Å². The molecule has 1 aliphatic carbocycles. The zero-order valence-electron chi connectivity index (χ0n) is 19.5. The Kier molecular flexibility index (Phi) is 7.01. The van der Waals surface area contributed by atoms with Crippen LogP contribution in [0.25, 0.3) is 11.1 Å². The van der Waals surface area contributed by atoms with Gasteiger partial charge in [-0.2, -0.15) is 0 Å². The van der Waals surface area contributed by atoms with Crippen molar-refractivity contribution in [3.05, 3.63) is 95.0 Å². The van der Waals surface area contributed by atoms with Crippen LogP contribution < -0.4 is 5.32 Å². The number of rotatable bonds is 8. The van der Waals surface area contributed by atoms with E-state index in [2.05, 4.69) is 29.6 Å². The number of alkyl carbamates (subject to hydrolysis) is 1. The molecule has 0 fully saturated rings. The average molecular weight is 475 g/mol. The van der Waals surface area contributed by atoms with E-state index in [9.17, 15) is 14.4 Å². The zero-order valence-corrected chi connectivity index (χ0v) is 19.5. The summed E-state index contributed by atoms with van der Waals surface area (Å²) in [6, 6.07) is 19.1. The van der Waals surface area contributed by atoms with Crippen molar-refractivity contribution >= 4 is 18.0 Å². The van der Waals surface area contributed by atoms with Crippen LogP contribution in [-0.4, -0.2) is 48.2 Å². The van der Waals surface area contributed by atoms with E-state index in [0.29, 0.717) is 11.3 Å². The van der Waals surface area contributed by atoms with Crippen LogP contribution >= 0.6 is 0 Å². The minimum Gasteiger partial charge on any atom is -0.475 e. The lowest BCUT2D eigenvalue weighted by atomic mass is 9.98. The number of benzene rings is 2. The van der Waals surface area contributed by atoms with Gasteiger partial charge in [-0.3, -0.25) is 4.79 Å². The molecule has 0 unspecified atom stereocenters. The lowest BCUT2D eigenvalue weighted by Crippen LogP contribution is -2.29. The number of furan rings is 1. The van der Waals surface area contributed by atoms with Crippen molar-refractivity contribution in [3.63, 3.8) is 0 Å². The highest BCUT2D eigenvalue weighted by Gasteiger charge is 2.28. The zero-order chi connectivity index (χ0) is 24.9. The minimum absolute atomic E-state index is 0.0242. The van der Waals surface area contributed by atoms with Crippen LogP contribution in [0.1, 0.15) is 40.3 Å². The Morgan fingerprint density at radius 3 is 2.26 bits per heavy atom. The van der Waals surface area contributed by atoms with Gasteiger partial charge in [0.25, 0.3) is 0 Å². The van der Waals surface area contributed by atoms with E-state index in [1.807, 2.05) is 24.3 Å². The largest absolute Gasteiger partial charge is 0.475 e. The van der Waals surface area contributed by atoms with Gasteiger partial charge in [-0.15, -0.1) is 0 Å². The second kappa shape index (κ2) is 10.3. The molecule has 2 aromatic carbocycles. The maximum atomic E-state index is 12.6. The highest BCUT2D eigenvalue weighted by molar-refractivity contribution is 5.92. The van der Waals surface area contributed by atoms with Gasteiger partial charge in [0, 0.05) is 25.1 Å². The third-order valence-electron chi connectivity index (χ3n) is 5.95. The summed E-state index contributed by atoms with van der Waals surface area (Å²) in [5, 5.41) is 11.6. The minimum atomic E-state index is -1.17. The highest BCUT2D eigenvalue weighted by atomic mass is 16.5. The first kappa shape index (κ1) is 23.8. The second-order valence-electron chi connectivity index (χ2n) is 8.33. The number of amides is 2. The maximum absolute atomic E-state index is 12.6. The molecule has 3 aromatic rings. The summed E-state index contributed by atoms with van der Waals surface area (Å²) in [7, 11) is 1.58. The first-order chi connectivity index (χ1) is 16.8. The molecule has 2 N–H and O–H groups in total. The van der Waals surface area contributed by atoms with Gasteiger partial charge in [-0.1, -0.05) is 54.6 Å². The number of nitrogens with one attached hydrogen (secondary N) is 1. The van der Waals surface area contributed by atoms with Crippen LogP contribution in [0.3, 0.4) is 0 Å².